The van der Waals surface area contributed by atoms with Gasteiger partial charge in [-0.1, -0.05) is 44.2 Å². The molecule has 7 nitrogen and oxygen atoms in total. The molecule has 0 unspecified atom stereocenters. The van der Waals surface area contributed by atoms with Crippen molar-refractivity contribution in [1.82, 2.24) is 9.80 Å². The van der Waals surface area contributed by atoms with Gasteiger partial charge >= 0.3 is 0 Å². The average Bonchev–Trinajstić information content (AvgIpc) is 2.85. The number of hydrogen-bond donors (Lipinski definition) is 1. The van der Waals surface area contributed by atoms with Gasteiger partial charge in [0, 0.05) is 51.9 Å². The Bertz CT molecular complexity index is 966. The molecule has 34 heavy (non-hydrogen) atoms. The van der Waals surface area contributed by atoms with Crippen molar-refractivity contribution in [1.29, 1.82) is 0 Å². The number of amides is 2. The van der Waals surface area contributed by atoms with Crippen molar-refractivity contribution in [2.24, 2.45) is 5.92 Å². The number of nitrogens with zero attached hydrogens (tertiary/aromatic N) is 2. The number of fused-ring (bicyclic) bond motifs is 1. The zero-order chi connectivity index (χ0) is 24.7. The van der Waals surface area contributed by atoms with E-state index >= 15 is 0 Å². The summed E-state index contributed by atoms with van der Waals surface area (Å²) in [5, 5.41) is 2.84. The third kappa shape index (κ3) is 6.58. The summed E-state index contributed by atoms with van der Waals surface area (Å²) < 4.78 is 12.0. The fraction of sp³-hybridized carbons (Fsp3) is 0.481. The highest BCUT2D eigenvalue weighted by molar-refractivity contribution is 5.99. The smallest absolute Gasteiger partial charge is 0.257 e. The van der Waals surface area contributed by atoms with Gasteiger partial charge in [0.2, 0.25) is 5.91 Å². The van der Waals surface area contributed by atoms with Gasteiger partial charge in [0.15, 0.2) is 0 Å². The standard InChI is InChI=1S/C27H37N3O4/c1-6-26(31)28-22-12-13-24-23(14-22)27(32)29(4)17-25(33-5)19(2)15-30(20(3)18-34-24)16-21-10-8-7-9-11-21/h7-14,19-20,25H,6,15-18H2,1-5H3,(H,28,31)/t19-,20-,25+/m1/s1. The molecule has 2 aromatic carbocycles. The van der Waals surface area contributed by atoms with E-state index in [1.54, 1.807) is 44.2 Å². The second-order valence-electron chi connectivity index (χ2n) is 9.12. The number of carbonyl (C=O) groups excluding carboxylic acids is 2. The molecule has 3 rings (SSSR count). The molecule has 3 atom stereocenters. The highest BCUT2D eigenvalue weighted by atomic mass is 16.5. The average molecular weight is 468 g/mol. The number of methoxy groups -OCH3 is 1. The van der Waals surface area contributed by atoms with E-state index in [9.17, 15) is 9.59 Å². The van der Waals surface area contributed by atoms with E-state index in [0.717, 1.165) is 13.1 Å². The minimum absolute atomic E-state index is 0.103. The molecule has 0 saturated carbocycles. The molecule has 0 bridgehead atoms. The number of carbonyl (C=O) groups is 2. The topological polar surface area (TPSA) is 71.1 Å². The number of benzene rings is 2. The Labute approximate surface area is 203 Å². The Morgan fingerprint density at radius 3 is 2.56 bits per heavy atom. The van der Waals surface area contributed by atoms with E-state index in [2.05, 4.69) is 48.3 Å². The molecule has 0 radical (unpaired) electrons. The predicted molar refractivity (Wildman–Crippen MR) is 134 cm³/mol. The van der Waals surface area contributed by atoms with Crippen molar-refractivity contribution in [3.05, 3.63) is 59.7 Å². The zero-order valence-electron chi connectivity index (χ0n) is 20.9. The van der Waals surface area contributed by atoms with Crippen LogP contribution in [0.1, 0.15) is 43.1 Å². The maximum Gasteiger partial charge on any atom is 0.257 e. The number of rotatable bonds is 5. The van der Waals surface area contributed by atoms with Crippen molar-refractivity contribution >= 4 is 17.5 Å². The van der Waals surface area contributed by atoms with E-state index in [4.69, 9.17) is 9.47 Å². The largest absolute Gasteiger partial charge is 0.491 e. The lowest BCUT2D eigenvalue weighted by Crippen LogP contribution is -2.46. The Balaban J connectivity index is 1.93. The summed E-state index contributed by atoms with van der Waals surface area (Å²) in [6, 6.07) is 15.8. The highest BCUT2D eigenvalue weighted by Gasteiger charge is 2.28. The molecule has 1 N–H and O–H groups in total. The van der Waals surface area contributed by atoms with Crippen LogP contribution in [-0.2, 0) is 16.1 Å². The van der Waals surface area contributed by atoms with E-state index in [-0.39, 0.29) is 29.9 Å². The zero-order valence-corrected chi connectivity index (χ0v) is 20.9. The Hall–Kier alpha value is -2.90. The Morgan fingerprint density at radius 2 is 1.88 bits per heavy atom. The minimum Gasteiger partial charge on any atom is -0.491 e. The van der Waals surface area contributed by atoms with Crippen LogP contribution in [0.4, 0.5) is 5.69 Å². The van der Waals surface area contributed by atoms with Gasteiger partial charge in [-0.15, -0.1) is 0 Å². The molecule has 2 aromatic rings. The third-order valence-electron chi connectivity index (χ3n) is 6.41. The number of nitrogens with one attached hydrogen (secondary N) is 1. The highest BCUT2D eigenvalue weighted by Crippen LogP contribution is 2.27. The molecular weight excluding hydrogens is 430 g/mol. The SMILES string of the molecule is CCC(=O)Nc1ccc2c(c1)C(=O)N(C)C[C@H](OC)[C@H](C)CN(Cc1ccccc1)[C@H](C)CO2. The van der Waals surface area contributed by atoms with Crippen molar-refractivity contribution in [3.63, 3.8) is 0 Å². The molecule has 184 valence electrons. The van der Waals surface area contributed by atoms with E-state index in [0.29, 0.717) is 36.6 Å². The lowest BCUT2D eigenvalue weighted by atomic mass is 10.0. The van der Waals surface area contributed by atoms with Crippen LogP contribution in [-0.4, -0.2) is 67.6 Å². The lowest BCUT2D eigenvalue weighted by molar-refractivity contribution is -0.115. The van der Waals surface area contributed by atoms with Crippen molar-refractivity contribution in [3.8, 4) is 5.75 Å². The minimum atomic E-state index is -0.161. The van der Waals surface area contributed by atoms with Gasteiger partial charge in [0.05, 0.1) is 11.7 Å². The Kier molecular flexibility index (Phi) is 9.07. The number of ether oxygens (including phenoxy) is 2. The third-order valence-corrected chi connectivity index (χ3v) is 6.41. The molecule has 0 saturated heterocycles. The second-order valence-corrected chi connectivity index (χ2v) is 9.12. The summed E-state index contributed by atoms with van der Waals surface area (Å²) >= 11 is 0. The monoisotopic (exact) mass is 467 g/mol. The predicted octanol–water partition coefficient (Wildman–Crippen LogP) is 4.04. The quantitative estimate of drug-likeness (QED) is 0.719. The van der Waals surface area contributed by atoms with Crippen LogP contribution in [0.3, 0.4) is 0 Å². The van der Waals surface area contributed by atoms with Gasteiger partial charge in [0.25, 0.3) is 5.91 Å². The van der Waals surface area contributed by atoms with Gasteiger partial charge in [-0.05, 0) is 36.6 Å². The fourth-order valence-corrected chi connectivity index (χ4v) is 4.22. The van der Waals surface area contributed by atoms with Crippen molar-refractivity contribution < 1.29 is 19.1 Å². The first-order chi connectivity index (χ1) is 16.3. The van der Waals surface area contributed by atoms with Crippen LogP contribution in [0.25, 0.3) is 0 Å². The van der Waals surface area contributed by atoms with Gasteiger partial charge in [-0.25, -0.2) is 0 Å². The second kappa shape index (κ2) is 12.0. The van der Waals surface area contributed by atoms with E-state index in [1.807, 2.05) is 6.07 Å². The summed E-state index contributed by atoms with van der Waals surface area (Å²) in [5.74, 6) is 0.445. The van der Waals surface area contributed by atoms with Crippen LogP contribution in [0, 0.1) is 5.92 Å². The molecule has 7 heteroatoms. The molecule has 1 heterocycles. The lowest BCUT2D eigenvalue weighted by Gasteiger charge is -2.36. The summed E-state index contributed by atoms with van der Waals surface area (Å²) in [7, 11) is 3.48. The Morgan fingerprint density at radius 1 is 1.15 bits per heavy atom. The first kappa shape index (κ1) is 25.7. The first-order valence-electron chi connectivity index (χ1n) is 11.9. The van der Waals surface area contributed by atoms with Gasteiger partial charge in [0.1, 0.15) is 12.4 Å². The molecule has 0 spiro atoms. The van der Waals surface area contributed by atoms with E-state index < -0.39 is 0 Å². The van der Waals surface area contributed by atoms with Crippen LogP contribution < -0.4 is 10.1 Å². The summed E-state index contributed by atoms with van der Waals surface area (Å²) in [5.41, 5.74) is 2.26. The molecule has 1 aliphatic rings. The summed E-state index contributed by atoms with van der Waals surface area (Å²) in [6.45, 7) is 8.60. The maximum atomic E-state index is 13.4. The van der Waals surface area contributed by atoms with Crippen LogP contribution in [0.15, 0.2) is 48.5 Å². The van der Waals surface area contributed by atoms with Crippen LogP contribution >= 0.6 is 0 Å². The van der Waals surface area contributed by atoms with Gasteiger partial charge < -0.3 is 19.7 Å². The number of anilines is 1. The van der Waals surface area contributed by atoms with Crippen LogP contribution in [0.2, 0.25) is 0 Å². The maximum absolute atomic E-state index is 13.4. The molecular formula is C27H37N3O4. The van der Waals surface area contributed by atoms with Gasteiger partial charge in [-0.3, -0.25) is 14.5 Å². The molecule has 1 aliphatic heterocycles. The molecule has 0 fully saturated rings. The number of likely N-dealkylation sites (N-methyl/N-ethyl adjacent to an activating group) is 1. The first-order valence-corrected chi connectivity index (χ1v) is 11.9. The summed E-state index contributed by atoms with van der Waals surface area (Å²) in [4.78, 5) is 29.4. The van der Waals surface area contributed by atoms with Crippen molar-refractivity contribution in [2.45, 2.75) is 45.9 Å². The van der Waals surface area contributed by atoms with E-state index in [1.165, 1.54) is 5.56 Å². The molecule has 0 aliphatic carbocycles. The fourth-order valence-electron chi connectivity index (χ4n) is 4.22. The van der Waals surface area contributed by atoms with Crippen LogP contribution in [0.5, 0.6) is 5.75 Å². The molecule has 2 amide bonds. The summed E-state index contributed by atoms with van der Waals surface area (Å²) in [6.07, 6.45) is 0.245. The van der Waals surface area contributed by atoms with Crippen molar-refractivity contribution in [2.75, 3.05) is 39.2 Å². The van der Waals surface area contributed by atoms with Gasteiger partial charge in [-0.2, -0.15) is 0 Å². The number of hydrogen-bond acceptors (Lipinski definition) is 5. The molecule has 0 aromatic heterocycles. The normalized spacial score (nSPS) is 22.2.